The molecule has 0 fully saturated rings. The number of allylic oxidation sites excluding steroid dienone is 2. The maximum absolute atomic E-state index is 10.4. The van der Waals surface area contributed by atoms with Crippen molar-refractivity contribution in [3.05, 3.63) is 116 Å². The molecule has 4 nitrogen and oxygen atoms in total. The van der Waals surface area contributed by atoms with Gasteiger partial charge in [-0.15, -0.1) is 0 Å². The van der Waals surface area contributed by atoms with Crippen LogP contribution in [0.25, 0.3) is 38.8 Å². The highest BCUT2D eigenvalue weighted by atomic mass is 16.3. The molecule has 5 rings (SSSR count). The molecular formula is C29H23N3O. The van der Waals surface area contributed by atoms with Gasteiger partial charge in [-0.3, -0.25) is 9.56 Å². The molecule has 0 bridgehead atoms. The van der Waals surface area contributed by atoms with Crippen molar-refractivity contribution in [3.63, 3.8) is 0 Å². The summed E-state index contributed by atoms with van der Waals surface area (Å²) in [5.41, 5.74) is 5.36. The van der Waals surface area contributed by atoms with Gasteiger partial charge in [0.1, 0.15) is 11.6 Å². The molecule has 0 amide bonds. The Kier molecular flexibility index (Phi) is 5.33. The minimum atomic E-state index is 0.260. The van der Waals surface area contributed by atoms with Gasteiger partial charge in [0.25, 0.3) is 0 Å². The van der Waals surface area contributed by atoms with Crippen molar-refractivity contribution in [3.8, 4) is 22.7 Å². The Morgan fingerprint density at radius 2 is 1.70 bits per heavy atom. The zero-order chi connectivity index (χ0) is 22.8. The first-order valence-electron chi connectivity index (χ1n) is 10.8. The van der Waals surface area contributed by atoms with E-state index in [1.807, 2.05) is 67.6 Å². The third kappa shape index (κ3) is 3.62. The van der Waals surface area contributed by atoms with Gasteiger partial charge < -0.3 is 5.11 Å². The van der Waals surface area contributed by atoms with Crippen LogP contribution in [0.3, 0.4) is 0 Å². The zero-order valence-corrected chi connectivity index (χ0v) is 18.3. The van der Waals surface area contributed by atoms with Crippen LogP contribution in [0.1, 0.15) is 12.6 Å². The summed E-state index contributed by atoms with van der Waals surface area (Å²) in [4.78, 5) is 9.35. The lowest BCUT2D eigenvalue weighted by molar-refractivity contribution is 0.477. The maximum atomic E-state index is 10.4. The third-order valence-electron chi connectivity index (χ3n) is 5.67. The summed E-state index contributed by atoms with van der Waals surface area (Å²) >= 11 is 0. The zero-order valence-electron chi connectivity index (χ0n) is 18.3. The van der Waals surface area contributed by atoms with Crippen molar-refractivity contribution >= 4 is 27.5 Å². The third-order valence-corrected chi connectivity index (χ3v) is 5.67. The van der Waals surface area contributed by atoms with Gasteiger partial charge in [0.15, 0.2) is 0 Å². The van der Waals surface area contributed by atoms with Crippen LogP contribution in [0.5, 0.6) is 5.75 Å². The number of aromatic nitrogens is 2. The summed E-state index contributed by atoms with van der Waals surface area (Å²) in [6.45, 7) is 5.69. The number of aliphatic imine (C=N–C) groups is 1. The molecular weight excluding hydrogens is 406 g/mol. The van der Waals surface area contributed by atoms with E-state index in [0.29, 0.717) is 0 Å². The highest BCUT2D eigenvalue weighted by molar-refractivity contribution is 6.10. The molecule has 0 aliphatic heterocycles. The largest absolute Gasteiger partial charge is 0.507 e. The highest BCUT2D eigenvalue weighted by Gasteiger charge is 2.15. The van der Waals surface area contributed by atoms with Crippen LogP contribution in [-0.4, -0.2) is 20.4 Å². The molecule has 0 radical (unpaired) electrons. The Morgan fingerprint density at radius 1 is 0.909 bits per heavy atom. The highest BCUT2D eigenvalue weighted by Crippen LogP contribution is 2.36. The van der Waals surface area contributed by atoms with Gasteiger partial charge in [0.2, 0.25) is 0 Å². The van der Waals surface area contributed by atoms with Gasteiger partial charge in [0.05, 0.1) is 22.4 Å². The van der Waals surface area contributed by atoms with E-state index < -0.39 is 0 Å². The minimum absolute atomic E-state index is 0.260. The lowest BCUT2D eigenvalue weighted by Gasteiger charge is -2.10. The lowest BCUT2D eigenvalue weighted by Crippen LogP contribution is -2.04. The summed E-state index contributed by atoms with van der Waals surface area (Å²) in [6, 6.07) is 28.0. The van der Waals surface area contributed by atoms with Crippen molar-refractivity contribution in [1.82, 2.24) is 9.55 Å². The quantitative estimate of drug-likeness (QED) is 0.304. The van der Waals surface area contributed by atoms with Crippen molar-refractivity contribution in [1.29, 1.82) is 0 Å². The number of fused-ring (bicyclic) bond motifs is 3. The molecule has 0 saturated carbocycles. The van der Waals surface area contributed by atoms with Crippen molar-refractivity contribution < 1.29 is 5.11 Å². The SMILES string of the molecule is C=C/N=C(\C=C/C)c1cccc(-n2c3ccccc3c3ccc(-c4ccccc4O)cc32)n1. The van der Waals surface area contributed by atoms with Crippen LogP contribution in [0.15, 0.2) is 115 Å². The number of benzene rings is 3. The predicted octanol–water partition coefficient (Wildman–Crippen LogP) is 7.06. The summed E-state index contributed by atoms with van der Waals surface area (Å²) in [7, 11) is 0. The summed E-state index contributed by atoms with van der Waals surface area (Å²) in [6.07, 6.45) is 5.40. The number of hydrogen-bond acceptors (Lipinski definition) is 3. The van der Waals surface area contributed by atoms with E-state index in [2.05, 4.69) is 46.5 Å². The van der Waals surface area contributed by atoms with E-state index >= 15 is 0 Å². The second kappa shape index (κ2) is 8.60. The molecule has 0 aliphatic carbocycles. The molecule has 1 N–H and O–H groups in total. The Morgan fingerprint density at radius 3 is 2.52 bits per heavy atom. The van der Waals surface area contributed by atoms with E-state index in [-0.39, 0.29) is 5.75 Å². The molecule has 160 valence electrons. The second-order valence-electron chi connectivity index (χ2n) is 7.68. The molecule has 2 aromatic heterocycles. The number of pyridine rings is 1. The molecule has 0 unspecified atom stereocenters. The summed E-state index contributed by atoms with van der Waals surface area (Å²) in [5.74, 6) is 1.06. The van der Waals surface area contributed by atoms with Gasteiger partial charge in [0, 0.05) is 22.5 Å². The Bertz CT molecular complexity index is 1560. The molecule has 0 aliphatic rings. The molecule has 0 saturated heterocycles. The van der Waals surface area contributed by atoms with Crippen molar-refractivity contribution in [2.75, 3.05) is 0 Å². The monoisotopic (exact) mass is 429 g/mol. The Balaban J connectivity index is 1.79. The lowest BCUT2D eigenvalue weighted by atomic mass is 10.0. The molecule has 2 heterocycles. The molecule has 0 atom stereocenters. The van der Waals surface area contributed by atoms with E-state index in [1.165, 1.54) is 6.20 Å². The maximum Gasteiger partial charge on any atom is 0.138 e. The topological polar surface area (TPSA) is 50.4 Å². The van der Waals surface area contributed by atoms with E-state index in [1.54, 1.807) is 6.07 Å². The second-order valence-corrected chi connectivity index (χ2v) is 7.68. The Hall–Kier alpha value is -4.44. The number of para-hydroxylation sites is 2. The van der Waals surface area contributed by atoms with E-state index in [4.69, 9.17) is 4.98 Å². The number of phenols is 1. The summed E-state index contributed by atoms with van der Waals surface area (Å²) < 4.78 is 2.17. The number of aromatic hydroxyl groups is 1. The number of nitrogens with zero attached hydrogens (tertiary/aromatic N) is 3. The first-order chi connectivity index (χ1) is 16.2. The average Bonchev–Trinajstić information content (AvgIpc) is 3.18. The molecule has 3 aromatic carbocycles. The number of phenolic OH excluding ortho intramolecular Hbond substituents is 1. The molecule has 33 heavy (non-hydrogen) atoms. The number of hydrogen-bond donors (Lipinski definition) is 1. The Labute approximate surface area is 192 Å². The molecule has 4 heteroatoms. The van der Waals surface area contributed by atoms with Gasteiger partial charge in [-0.2, -0.15) is 0 Å². The van der Waals surface area contributed by atoms with Crippen molar-refractivity contribution in [2.45, 2.75) is 6.92 Å². The minimum Gasteiger partial charge on any atom is -0.507 e. The fourth-order valence-electron chi connectivity index (χ4n) is 4.24. The van der Waals surface area contributed by atoms with Crippen LogP contribution < -0.4 is 0 Å². The van der Waals surface area contributed by atoms with Gasteiger partial charge >= 0.3 is 0 Å². The molecule has 5 aromatic rings. The van der Waals surface area contributed by atoms with E-state index in [9.17, 15) is 5.11 Å². The predicted molar refractivity (Wildman–Crippen MR) is 137 cm³/mol. The first-order valence-corrected chi connectivity index (χ1v) is 10.8. The van der Waals surface area contributed by atoms with E-state index in [0.717, 1.165) is 50.2 Å². The van der Waals surface area contributed by atoms with Gasteiger partial charge in [-0.25, -0.2) is 4.98 Å². The van der Waals surface area contributed by atoms with Gasteiger partial charge in [-0.1, -0.05) is 67.3 Å². The van der Waals surface area contributed by atoms with Crippen LogP contribution >= 0.6 is 0 Å². The van der Waals surface area contributed by atoms with Gasteiger partial charge in [-0.05, 0) is 48.9 Å². The fraction of sp³-hybridized carbons (Fsp3) is 0.0345. The van der Waals surface area contributed by atoms with Crippen LogP contribution in [-0.2, 0) is 0 Å². The van der Waals surface area contributed by atoms with Crippen LogP contribution in [0.4, 0.5) is 0 Å². The standard InChI is InChI=1S/C29H23N3O/c1-3-10-24(30-4-2)25-13-9-16-29(31-25)32-26-14-7-5-12-22(26)23-18-17-20(19-27(23)32)21-11-6-8-15-28(21)33/h3-19,33H,2H2,1H3/b10-3-,30-24+. The first kappa shape index (κ1) is 20.5. The van der Waals surface area contributed by atoms with Crippen LogP contribution in [0, 0.1) is 0 Å². The van der Waals surface area contributed by atoms with Crippen molar-refractivity contribution in [2.24, 2.45) is 4.99 Å². The van der Waals surface area contributed by atoms with Crippen LogP contribution in [0.2, 0.25) is 0 Å². The normalized spacial score (nSPS) is 12.1. The molecule has 0 spiro atoms. The smallest absolute Gasteiger partial charge is 0.138 e. The summed E-state index contributed by atoms with van der Waals surface area (Å²) in [5, 5.41) is 12.7. The number of rotatable bonds is 5. The average molecular weight is 430 g/mol. The fourth-order valence-corrected chi connectivity index (χ4v) is 4.24.